The molecule has 1 aliphatic rings. The van der Waals surface area contributed by atoms with Gasteiger partial charge in [0.2, 0.25) is 0 Å². The summed E-state index contributed by atoms with van der Waals surface area (Å²) >= 11 is 0. The first-order valence-electron chi connectivity index (χ1n) is 7.39. The van der Waals surface area contributed by atoms with Crippen molar-refractivity contribution in [3.63, 3.8) is 0 Å². The third-order valence-corrected chi connectivity index (χ3v) is 4.13. The highest BCUT2D eigenvalue weighted by Crippen LogP contribution is 2.30. The van der Waals surface area contributed by atoms with Crippen molar-refractivity contribution in [3.05, 3.63) is 17.7 Å². The Bertz CT molecular complexity index is 487. The minimum Gasteiger partial charge on any atom is -0.396 e. The zero-order valence-electron chi connectivity index (χ0n) is 12.5. The molecule has 0 radical (unpaired) electrons. The molecule has 1 heterocycles. The first kappa shape index (κ1) is 14.8. The number of carbonyl (C=O) groups excluding carboxylic acids is 1. The SMILES string of the molecule is CC(C)c1ncc(N)c(C(=O)NCC2CCCC2C)n1. The molecule has 1 saturated carbocycles. The van der Waals surface area contributed by atoms with Crippen LogP contribution in [-0.4, -0.2) is 22.4 Å². The molecule has 0 aromatic carbocycles. The number of anilines is 1. The normalized spacial score (nSPS) is 22.2. The van der Waals surface area contributed by atoms with E-state index in [1.807, 2.05) is 13.8 Å². The summed E-state index contributed by atoms with van der Waals surface area (Å²) in [7, 11) is 0. The van der Waals surface area contributed by atoms with Gasteiger partial charge in [0.1, 0.15) is 5.82 Å². The number of nitrogens with two attached hydrogens (primary N) is 1. The van der Waals surface area contributed by atoms with Crippen molar-refractivity contribution in [1.82, 2.24) is 15.3 Å². The standard InChI is InChI=1S/C15H24N4O/c1-9(2)14-17-8-12(16)13(19-14)15(20)18-7-11-6-4-5-10(11)3/h8-11H,4-7,16H2,1-3H3,(H,18,20). The molecule has 1 fully saturated rings. The van der Waals surface area contributed by atoms with E-state index < -0.39 is 0 Å². The van der Waals surface area contributed by atoms with E-state index in [0.29, 0.717) is 35.6 Å². The van der Waals surface area contributed by atoms with Gasteiger partial charge < -0.3 is 11.1 Å². The van der Waals surface area contributed by atoms with Gasteiger partial charge in [-0.25, -0.2) is 9.97 Å². The molecular formula is C15H24N4O. The average molecular weight is 276 g/mol. The summed E-state index contributed by atoms with van der Waals surface area (Å²) in [5.41, 5.74) is 6.46. The Labute approximate surface area is 120 Å². The van der Waals surface area contributed by atoms with Crippen molar-refractivity contribution in [2.75, 3.05) is 12.3 Å². The molecule has 1 aromatic rings. The lowest BCUT2D eigenvalue weighted by atomic mass is 9.98. The maximum atomic E-state index is 12.2. The number of nitrogen functional groups attached to an aromatic ring is 1. The van der Waals surface area contributed by atoms with E-state index in [1.54, 1.807) is 0 Å². The Morgan fingerprint density at radius 2 is 2.25 bits per heavy atom. The molecule has 1 aliphatic carbocycles. The van der Waals surface area contributed by atoms with E-state index in [1.165, 1.54) is 25.5 Å². The summed E-state index contributed by atoms with van der Waals surface area (Å²) < 4.78 is 0. The fourth-order valence-corrected chi connectivity index (χ4v) is 2.70. The molecule has 5 heteroatoms. The van der Waals surface area contributed by atoms with E-state index in [0.717, 1.165) is 0 Å². The molecule has 0 bridgehead atoms. The van der Waals surface area contributed by atoms with Crippen LogP contribution in [0.1, 0.15) is 62.3 Å². The number of nitrogens with zero attached hydrogens (tertiary/aromatic N) is 2. The highest BCUT2D eigenvalue weighted by Gasteiger charge is 2.24. The molecule has 0 aliphatic heterocycles. The maximum absolute atomic E-state index is 12.2. The monoisotopic (exact) mass is 276 g/mol. The lowest BCUT2D eigenvalue weighted by molar-refractivity contribution is 0.0940. The molecule has 2 unspecified atom stereocenters. The summed E-state index contributed by atoms with van der Waals surface area (Å²) in [4.78, 5) is 20.7. The summed E-state index contributed by atoms with van der Waals surface area (Å²) in [6.07, 6.45) is 5.23. The van der Waals surface area contributed by atoms with Crippen LogP contribution < -0.4 is 11.1 Å². The van der Waals surface area contributed by atoms with Crippen LogP contribution in [-0.2, 0) is 0 Å². The zero-order valence-corrected chi connectivity index (χ0v) is 12.5. The van der Waals surface area contributed by atoms with E-state index in [9.17, 15) is 4.79 Å². The zero-order chi connectivity index (χ0) is 14.7. The number of hydrogen-bond donors (Lipinski definition) is 2. The van der Waals surface area contributed by atoms with Gasteiger partial charge in [-0.3, -0.25) is 4.79 Å². The Morgan fingerprint density at radius 1 is 1.50 bits per heavy atom. The molecule has 1 aromatic heterocycles. The second kappa shape index (κ2) is 6.20. The van der Waals surface area contributed by atoms with Crippen LogP contribution in [0.3, 0.4) is 0 Å². The van der Waals surface area contributed by atoms with Gasteiger partial charge in [-0.1, -0.05) is 33.6 Å². The number of nitrogens with one attached hydrogen (secondary N) is 1. The van der Waals surface area contributed by atoms with Crippen LogP contribution in [0.2, 0.25) is 0 Å². The lowest BCUT2D eigenvalue weighted by Crippen LogP contribution is -2.31. The molecule has 2 rings (SSSR count). The Balaban J connectivity index is 2.03. The van der Waals surface area contributed by atoms with Crippen LogP contribution in [0.4, 0.5) is 5.69 Å². The van der Waals surface area contributed by atoms with Crippen molar-refractivity contribution in [2.45, 2.75) is 46.0 Å². The predicted octanol–water partition coefficient (Wildman–Crippen LogP) is 2.35. The number of amides is 1. The summed E-state index contributed by atoms with van der Waals surface area (Å²) in [5, 5.41) is 2.97. The van der Waals surface area contributed by atoms with Gasteiger partial charge in [0.25, 0.3) is 5.91 Å². The molecule has 20 heavy (non-hydrogen) atoms. The largest absolute Gasteiger partial charge is 0.396 e. The van der Waals surface area contributed by atoms with Gasteiger partial charge in [0.15, 0.2) is 5.69 Å². The molecule has 110 valence electrons. The summed E-state index contributed by atoms with van der Waals surface area (Å²) in [6.45, 7) is 6.95. The number of rotatable bonds is 4. The van der Waals surface area contributed by atoms with Crippen molar-refractivity contribution < 1.29 is 4.79 Å². The van der Waals surface area contributed by atoms with E-state index in [-0.39, 0.29) is 11.8 Å². The third kappa shape index (κ3) is 3.26. The van der Waals surface area contributed by atoms with Crippen molar-refractivity contribution >= 4 is 11.6 Å². The number of hydrogen-bond acceptors (Lipinski definition) is 4. The fraction of sp³-hybridized carbons (Fsp3) is 0.667. The molecular weight excluding hydrogens is 252 g/mol. The van der Waals surface area contributed by atoms with Crippen LogP contribution in [0.5, 0.6) is 0 Å². The fourth-order valence-electron chi connectivity index (χ4n) is 2.70. The van der Waals surface area contributed by atoms with E-state index in [2.05, 4.69) is 22.2 Å². The van der Waals surface area contributed by atoms with Crippen LogP contribution >= 0.6 is 0 Å². The first-order valence-corrected chi connectivity index (χ1v) is 7.39. The van der Waals surface area contributed by atoms with Gasteiger partial charge in [0, 0.05) is 12.5 Å². The minimum atomic E-state index is -0.189. The van der Waals surface area contributed by atoms with E-state index in [4.69, 9.17) is 5.73 Å². The van der Waals surface area contributed by atoms with Gasteiger partial charge in [-0.05, 0) is 18.3 Å². The number of aromatic nitrogens is 2. The highest BCUT2D eigenvalue weighted by atomic mass is 16.1. The minimum absolute atomic E-state index is 0.178. The Kier molecular flexibility index (Phi) is 4.57. The van der Waals surface area contributed by atoms with Gasteiger partial charge >= 0.3 is 0 Å². The maximum Gasteiger partial charge on any atom is 0.272 e. The second-order valence-corrected chi connectivity index (χ2v) is 6.07. The first-order chi connectivity index (χ1) is 9.49. The van der Waals surface area contributed by atoms with Gasteiger partial charge in [-0.15, -0.1) is 0 Å². The quantitative estimate of drug-likeness (QED) is 0.884. The number of carbonyl (C=O) groups is 1. The van der Waals surface area contributed by atoms with E-state index >= 15 is 0 Å². The van der Waals surface area contributed by atoms with Crippen LogP contribution in [0.15, 0.2) is 6.20 Å². The smallest absolute Gasteiger partial charge is 0.272 e. The van der Waals surface area contributed by atoms with Crippen molar-refractivity contribution in [3.8, 4) is 0 Å². The Morgan fingerprint density at radius 3 is 2.85 bits per heavy atom. The molecule has 3 N–H and O–H groups in total. The van der Waals surface area contributed by atoms with Crippen molar-refractivity contribution in [2.24, 2.45) is 11.8 Å². The Hall–Kier alpha value is -1.65. The van der Waals surface area contributed by atoms with Crippen molar-refractivity contribution in [1.29, 1.82) is 0 Å². The molecule has 0 saturated heterocycles. The van der Waals surface area contributed by atoms with Crippen LogP contribution in [0.25, 0.3) is 0 Å². The lowest BCUT2D eigenvalue weighted by Gasteiger charge is -2.16. The molecule has 5 nitrogen and oxygen atoms in total. The molecule has 2 atom stereocenters. The van der Waals surface area contributed by atoms with Crippen LogP contribution in [0, 0.1) is 11.8 Å². The topological polar surface area (TPSA) is 80.9 Å². The second-order valence-electron chi connectivity index (χ2n) is 6.07. The predicted molar refractivity (Wildman–Crippen MR) is 79.4 cm³/mol. The van der Waals surface area contributed by atoms with Gasteiger partial charge in [0.05, 0.1) is 11.9 Å². The molecule has 0 spiro atoms. The summed E-state index contributed by atoms with van der Waals surface area (Å²) in [6, 6.07) is 0. The highest BCUT2D eigenvalue weighted by molar-refractivity contribution is 5.96. The third-order valence-electron chi connectivity index (χ3n) is 4.13. The molecule has 1 amide bonds. The average Bonchev–Trinajstić information content (AvgIpc) is 2.81. The van der Waals surface area contributed by atoms with Gasteiger partial charge in [-0.2, -0.15) is 0 Å². The summed E-state index contributed by atoms with van der Waals surface area (Å²) in [5.74, 6) is 1.90.